The van der Waals surface area contributed by atoms with Gasteiger partial charge in [0.05, 0.1) is 30.4 Å². The fraction of sp³-hybridized carbons (Fsp3) is 0.357. The highest BCUT2D eigenvalue weighted by Crippen LogP contribution is 2.30. The van der Waals surface area contributed by atoms with Gasteiger partial charge in [0.15, 0.2) is 0 Å². The van der Waals surface area contributed by atoms with E-state index in [9.17, 15) is 23.2 Å². The molecule has 0 saturated heterocycles. The lowest BCUT2D eigenvalue weighted by Gasteiger charge is -2.08. The summed E-state index contributed by atoms with van der Waals surface area (Å²) in [7, 11) is 0. The topological polar surface area (TPSA) is 59.3 Å². The molecule has 2 rings (SSSR count). The summed E-state index contributed by atoms with van der Waals surface area (Å²) in [5.74, 6) is 0.329. The molecule has 0 unspecified atom stereocenters. The molecule has 0 radical (unpaired) electrons. The minimum absolute atomic E-state index is 0.269. The molecular formula is C28H30F3NO3. The van der Waals surface area contributed by atoms with Gasteiger partial charge >= 0.3 is 12.1 Å². The van der Waals surface area contributed by atoms with Crippen LogP contribution in [0.4, 0.5) is 13.2 Å². The molecule has 0 aliphatic heterocycles. The zero-order valence-corrected chi connectivity index (χ0v) is 19.9. The first kappa shape index (κ1) is 27.7. The van der Waals surface area contributed by atoms with E-state index in [0.29, 0.717) is 35.7 Å². The number of benzene rings is 2. The molecular weight excluding hydrogens is 455 g/mol. The number of alkyl halides is 3. The van der Waals surface area contributed by atoms with E-state index in [1.165, 1.54) is 18.2 Å². The second-order valence-electron chi connectivity index (χ2n) is 8.20. The molecule has 0 aliphatic carbocycles. The van der Waals surface area contributed by atoms with Crippen molar-refractivity contribution < 1.29 is 27.4 Å². The van der Waals surface area contributed by atoms with Gasteiger partial charge in [-0.05, 0) is 73.4 Å². The number of rotatable bonds is 13. The molecule has 0 spiro atoms. The van der Waals surface area contributed by atoms with Crippen molar-refractivity contribution in [3.8, 4) is 11.8 Å². The van der Waals surface area contributed by atoms with Gasteiger partial charge in [-0.25, -0.2) is 4.79 Å². The lowest BCUT2D eigenvalue weighted by molar-refractivity contribution is -0.139. The number of nitriles is 1. The van der Waals surface area contributed by atoms with Crippen molar-refractivity contribution >= 4 is 17.6 Å². The Kier molecular flexibility index (Phi) is 11.1. The lowest BCUT2D eigenvalue weighted by Crippen LogP contribution is -2.06. The van der Waals surface area contributed by atoms with E-state index in [2.05, 4.69) is 12.6 Å². The molecule has 0 fully saturated rings. The van der Waals surface area contributed by atoms with Crippen LogP contribution in [0.1, 0.15) is 62.1 Å². The van der Waals surface area contributed by atoms with Gasteiger partial charge in [0.2, 0.25) is 0 Å². The number of nitrogens with zero attached hydrogens (tertiary/aromatic N) is 1. The molecule has 0 bridgehead atoms. The number of carbonyl (C=O) groups is 1. The summed E-state index contributed by atoms with van der Waals surface area (Å²) in [6.07, 6.45) is 2.92. The smallest absolute Gasteiger partial charge is 0.416 e. The van der Waals surface area contributed by atoms with Crippen molar-refractivity contribution in [2.75, 3.05) is 13.2 Å². The molecule has 4 nitrogen and oxygen atoms in total. The minimum Gasteiger partial charge on any atom is -0.494 e. The van der Waals surface area contributed by atoms with E-state index in [1.807, 2.05) is 0 Å². The third kappa shape index (κ3) is 10.1. The highest BCUT2D eigenvalue weighted by molar-refractivity contribution is 5.89. The number of hydrogen-bond donors (Lipinski definition) is 0. The second-order valence-corrected chi connectivity index (χ2v) is 8.20. The highest BCUT2D eigenvalue weighted by Gasteiger charge is 2.30. The predicted molar refractivity (Wildman–Crippen MR) is 130 cm³/mol. The summed E-state index contributed by atoms with van der Waals surface area (Å²) in [5.41, 5.74) is 0.842. The normalized spacial score (nSPS) is 11.6. The zero-order valence-electron chi connectivity index (χ0n) is 19.9. The Bertz CT molecular complexity index is 1050. The Labute approximate surface area is 204 Å². The van der Waals surface area contributed by atoms with E-state index in [1.54, 1.807) is 31.2 Å². The average Bonchev–Trinajstić information content (AvgIpc) is 2.83. The first-order chi connectivity index (χ1) is 16.7. The number of hydrogen-bond acceptors (Lipinski definition) is 4. The van der Waals surface area contributed by atoms with E-state index in [0.717, 1.165) is 50.7 Å². The summed E-state index contributed by atoms with van der Waals surface area (Å²) in [6.45, 7) is 6.16. The van der Waals surface area contributed by atoms with E-state index < -0.39 is 11.7 Å². The standard InChI is InChI=1S/C28H30F3NO3/c1-21(2)27(33)35-17-8-6-4-3-5-7-16-34-26-14-12-23(13-15-26)24(20-32)18-22-10-9-11-25(19-22)28(29,30)31/h9-15,18-19H,1,3-8,16-17H2,2H3/b24-18+. The Hall–Kier alpha value is -3.53. The molecule has 0 aliphatic rings. The van der Waals surface area contributed by atoms with Crippen molar-refractivity contribution in [3.63, 3.8) is 0 Å². The molecule has 35 heavy (non-hydrogen) atoms. The zero-order chi connectivity index (χ0) is 25.7. The van der Waals surface area contributed by atoms with Crippen molar-refractivity contribution in [1.29, 1.82) is 5.26 Å². The maximum atomic E-state index is 12.9. The number of halogens is 3. The SMILES string of the molecule is C=C(C)C(=O)OCCCCCCCCOc1ccc(/C(C#N)=C/c2cccc(C(F)(F)F)c2)cc1. The van der Waals surface area contributed by atoms with Crippen molar-refractivity contribution in [2.24, 2.45) is 0 Å². The Balaban J connectivity index is 1.73. The highest BCUT2D eigenvalue weighted by atomic mass is 19.4. The number of esters is 1. The molecule has 0 saturated carbocycles. The molecule has 0 amide bonds. The van der Waals surface area contributed by atoms with Gasteiger partial charge in [-0.1, -0.05) is 44.4 Å². The number of ether oxygens (including phenoxy) is 2. The van der Waals surface area contributed by atoms with Gasteiger partial charge in [-0.2, -0.15) is 18.4 Å². The largest absolute Gasteiger partial charge is 0.494 e. The van der Waals surface area contributed by atoms with Gasteiger partial charge in [0.25, 0.3) is 0 Å². The molecule has 2 aromatic carbocycles. The van der Waals surface area contributed by atoms with Crippen LogP contribution in [0.25, 0.3) is 11.6 Å². The molecule has 186 valence electrons. The maximum Gasteiger partial charge on any atom is 0.416 e. The van der Waals surface area contributed by atoms with Crippen LogP contribution < -0.4 is 4.74 Å². The third-order valence-corrected chi connectivity index (χ3v) is 5.20. The maximum absolute atomic E-state index is 12.9. The first-order valence-electron chi connectivity index (χ1n) is 11.6. The Morgan fingerprint density at radius 1 is 1.00 bits per heavy atom. The first-order valence-corrected chi connectivity index (χ1v) is 11.6. The van der Waals surface area contributed by atoms with Crippen LogP contribution in [-0.4, -0.2) is 19.2 Å². The minimum atomic E-state index is -4.43. The van der Waals surface area contributed by atoms with Crippen molar-refractivity contribution in [1.82, 2.24) is 0 Å². The van der Waals surface area contributed by atoms with Crippen LogP contribution in [0.15, 0.2) is 60.7 Å². The predicted octanol–water partition coefficient (Wildman–Crippen LogP) is 7.61. The average molecular weight is 486 g/mol. The molecule has 0 heterocycles. The number of allylic oxidation sites excluding steroid dienone is 1. The van der Waals surface area contributed by atoms with Crippen molar-refractivity contribution in [3.05, 3.63) is 77.4 Å². The number of unbranched alkanes of at least 4 members (excludes halogenated alkanes) is 5. The molecule has 0 atom stereocenters. The van der Waals surface area contributed by atoms with Crippen LogP contribution in [-0.2, 0) is 15.7 Å². The molecule has 0 aromatic heterocycles. The second kappa shape index (κ2) is 14.0. The van der Waals surface area contributed by atoms with Crippen LogP contribution in [0.2, 0.25) is 0 Å². The fourth-order valence-electron chi connectivity index (χ4n) is 3.27. The fourth-order valence-corrected chi connectivity index (χ4v) is 3.27. The monoisotopic (exact) mass is 485 g/mol. The van der Waals surface area contributed by atoms with E-state index >= 15 is 0 Å². The molecule has 2 aromatic rings. The summed E-state index contributed by atoms with van der Waals surface area (Å²) < 4.78 is 49.6. The summed E-state index contributed by atoms with van der Waals surface area (Å²) in [5, 5.41) is 9.48. The summed E-state index contributed by atoms with van der Waals surface area (Å²) in [6, 6.07) is 13.9. The van der Waals surface area contributed by atoms with Gasteiger partial charge in [0, 0.05) is 5.57 Å². The summed E-state index contributed by atoms with van der Waals surface area (Å²) in [4.78, 5) is 11.3. The molecule has 7 heteroatoms. The van der Waals surface area contributed by atoms with Gasteiger partial charge in [-0.3, -0.25) is 0 Å². The van der Waals surface area contributed by atoms with Gasteiger partial charge in [0.1, 0.15) is 5.75 Å². The molecule has 0 N–H and O–H groups in total. The third-order valence-electron chi connectivity index (χ3n) is 5.20. The lowest BCUT2D eigenvalue weighted by atomic mass is 10.0. The van der Waals surface area contributed by atoms with E-state index in [4.69, 9.17) is 9.47 Å². The van der Waals surface area contributed by atoms with Crippen LogP contribution in [0.3, 0.4) is 0 Å². The quantitative estimate of drug-likeness (QED) is 0.0963. The Morgan fingerprint density at radius 2 is 1.63 bits per heavy atom. The van der Waals surface area contributed by atoms with Crippen LogP contribution in [0, 0.1) is 11.3 Å². The van der Waals surface area contributed by atoms with Crippen molar-refractivity contribution in [2.45, 2.75) is 51.6 Å². The Morgan fingerprint density at radius 3 is 2.23 bits per heavy atom. The van der Waals surface area contributed by atoms with Gasteiger partial charge < -0.3 is 9.47 Å². The number of carbonyl (C=O) groups excluding carboxylic acids is 1. The van der Waals surface area contributed by atoms with Crippen LogP contribution >= 0.6 is 0 Å². The van der Waals surface area contributed by atoms with Gasteiger partial charge in [-0.15, -0.1) is 0 Å². The summed E-state index contributed by atoms with van der Waals surface area (Å²) >= 11 is 0. The van der Waals surface area contributed by atoms with E-state index in [-0.39, 0.29) is 11.5 Å². The van der Waals surface area contributed by atoms with Crippen LogP contribution in [0.5, 0.6) is 5.75 Å².